The molecule has 0 saturated carbocycles. The zero-order valence-electron chi connectivity index (χ0n) is 12.3. The molecule has 20 heavy (non-hydrogen) atoms. The summed E-state index contributed by atoms with van der Waals surface area (Å²) in [5.41, 5.74) is 6.51. The van der Waals surface area contributed by atoms with Crippen LogP contribution in [0.4, 0.5) is 0 Å². The largest absolute Gasteiger partial charge is 0.496 e. The predicted octanol–water partition coefficient (Wildman–Crippen LogP) is 3.94. The van der Waals surface area contributed by atoms with E-state index in [1.54, 1.807) is 7.11 Å². The van der Waals surface area contributed by atoms with Crippen molar-refractivity contribution in [1.29, 1.82) is 0 Å². The molecule has 0 fully saturated rings. The lowest BCUT2D eigenvalue weighted by Gasteiger charge is -2.10. The Morgan fingerprint density at radius 3 is 2.60 bits per heavy atom. The topological polar surface area (TPSA) is 26.5 Å². The van der Waals surface area contributed by atoms with Crippen molar-refractivity contribution in [3.63, 3.8) is 0 Å². The monoisotopic (exact) mass is 266 g/mol. The Bertz CT molecular complexity index is 787. The maximum atomic E-state index is 5.56. The standard InChI is InChI=1S/C17H18N2O/c1-11-5-6-19-10-15(18-16(19)9-11)14-8-12(2)7-13(3)17(14)20-4/h5-10H,1-4H3. The molecular weight excluding hydrogens is 248 g/mol. The van der Waals surface area contributed by atoms with Gasteiger partial charge >= 0.3 is 0 Å². The molecule has 3 heteroatoms. The average molecular weight is 266 g/mol. The van der Waals surface area contributed by atoms with Crippen molar-refractivity contribution < 1.29 is 4.74 Å². The minimum absolute atomic E-state index is 0.899. The number of pyridine rings is 1. The van der Waals surface area contributed by atoms with Crippen LogP contribution in [0.5, 0.6) is 5.75 Å². The SMILES string of the molecule is COc1c(C)cc(C)cc1-c1cn2ccc(C)cc2n1. The van der Waals surface area contributed by atoms with Crippen molar-refractivity contribution in [1.82, 2.24) is 9.38 Å². The van der Waals surface area contributed by atoms with E-state index in [0.29, 0.717) is 0 Å². The molecule has 3 rings (SSSR count). The molecule has 0 aliphatic heterocycles. The lowest BCUT2D eigenvalue weighted by atomic mass is 10.0. The summed E-state index contributed by atoms with van der Waals surface area (Å²) in [4.78, 5) is 4.72. The van der Waals surface area contributed by atoms with Crippen LogP contribution in [0.1, 0.15) is 16.7 Å². The summed E-state index contributed by atoms with van der Waals surface area (Å²) in [5.74, 6) is 0.899. The Morgan fingerprint density at radius 1 is 1.05 bits per heavy atom. The first kappa shape index (κ1) is 12.7. The van der Waals surface area contributed by atoms with Gasteiger partial charge in [-0.1, -0.05) is 6.07 Å². The quantitative estimate of drug-likeness (QED) is 0.702. The van der Waals surface area contributed by atoms with Crippen molar-refractivity contribution in [2.24, 2.45) is 0 Å². The summed E-state index contributed by atoms with van der Waals surface area (Å²) in [6.45, 7) is 6.23. The summed E-state index contributed by atoms with van der Waals surface area (Å²) in [5, 5.41) is 0. The third kappa shape index (κ3) is 2.05. The number of imidazole rings is 1. The third-order valence-corrected chi connectivity index (χ3v) is 3.51. The zero-order chi connectivity index (χ0) is 14.3. The molecule has 0 amide bonds. The van der Waals surface area contributed by atoms with Crippen molar-refractivity contribution in [2.75, 3.05) is 7.11 Å². The molecule has 0 atom stereocenters. The fourth-order valence-corrected chi connectivity index (χ4v) is 2.63. The van der Waals surface area contributed by atoms with E-state index in [2.05, 4.69) is 45.0 Å². The molecular formula is C17H18N2O. The highest BCUT2D eigenvalue weighted by atomic mass is 16.5. The second-order valence-electron chi connectivity index (χ2n) is 5.26. The van der Waals surface area contributed by atoms with Gasteiger partial charge in [-0.25, -0.2) is 4.98 Å². The highest BCUT2D eigenvalue weighted by molar-refractivity contribution is 5.72. The molecule has 2 heterocycles. The Labute approximate surface area is 118 Å². The number of methoxy groups -OCH3 is 1. The van der Waals surface area contributed by atoms with E-state index < -0.39 is 0 Å². The van der Waals surface area contributed by atoms with Gasteiger partial charge in [-0.15, -0.1) is 0 Å². The molecule has 3 nitrogen and oxygen atoms in total. The van der Waals surface area contributed by atoms with Crippen LogP contribution in [-0.4, -0.2) is 16.5 Å². The van der Waals surface area contributed by atoms with Crippen LogP contribution >= 0.6 is 0 Å². The minimum atomic E-state index is 0.899. The Kier molecular flexibility index (Phi) is 2.97. The molecule has 0 radical (unpaired) electrons. The first-order valence-electron chi connectivity index (χ1n) is 6.69. The van der Waals surface area contributed by atoms with E-state index >= 15 is 0 Å². The van der Waals surface area contributed by atoms with Gasteiger partial charge in [0.15, 0.2) is 0 Å². The van der Waals surface area contributed by atoms with Crippen molar-refractivity contribution in [3.8, 4) is 17.0 Å². The van der Waals surface area contributed by atoms with E-state index in [9.17, 15) is 0 Å². The number of benzene rings is 1. The van der Waals surface area contributed by atoms with E-state index in [1.807, 2.05) is 16.8 Å². The second kappa shape index (κ2) is 4.67. The highest BCUT2D eigenvalue weighted by Gasteiger charge is 2.13. The van der Waals surface area contributed by atoms with Crippen LogP contribution in [0.15, 0.2) is 36.7 Å². The molecule has 102 valence electrons. The van der Waals surface area contributed by atoms with E-state index in [4.69, 9.17) is 9.72 Å². The highest BCUT2D eigenvalue weighted by Crippen LogP contribution is 2.33. The average Bonchev–Trinajstić information content (AvgIpc) is 2.80. The number of fused-ring (bicyclic) bond motifs is 1. The van der Waals surface area contributed by atoms with Crippen LogP contribution in [0.2, 0.25) is 0 Å². The molecule has 0 unspecified atom stereocenters. The molecule has 0 aliphatic carbocycles. The third-order valence-electron chi connectivity index (χ3n) is 3.51. The number of aryl methyl sites for hydroxylation is 3. The van der Waals surface area contributed by atoms with Gasteiger partial charge in [0.1, 0.15) is 11.4 Å². The van der Waals surface area contributed by atoms with E-state index in [0.717, 1.165) is 28.2 Å². The summed E-state index contributed by atoms with van der Waals surface area (Å²) < 4.78 is 7.60. The van der Waals surface area contributed by atoms with Crippen LogP contribution in [0, 0.1) is 20.8 Å². The minimum Gasteiger partial charge on any atom is -0.496 e. The van der Waals surface area contributed by atoms with Crippen LogP contribution in [0.3, 0.4) is 0 Å². The van der Waals surface area contributed by atoms with E-state index in [-0.39, 0.29) is 0 Å². The summed E-state index contributed by atoms with van der Waals surface area (Å²) >= 11 is 0. The first-order valence-corrected chi connectivity index (χ1v) is 6.69. The maximum Gasteiger partial charge on any atom is 0.137 e. The molecule has 1 aromatic carbocycles. The molecule has 0 aliphatic rings. The fourth-order valence-electron chi connectivity index (χ4n) is 2.63. The smallest absolute Gasteiger partial charge is 0.137 e. The number of hydrogen-bond donors (Lipinski definition) is 0. The van der Waals surface area contributed by atoms with Crippen molar-refractivity contribution in [3.05, 3.63) is 53.3 Å². The fraction of sp³-hybridized carbons (Fsp3) is 0.235. The van der Waals surface area contributed by atoms with Crippen molar-refractivity contribution >= 4 is 5.65 Å². The number of ether oxygens (including phenoxy) is 1. The van der Waals surface area contributed by atoms with Crippen molar-refractivity contribution in [2.45, 2.75) is 20.8 Å². The lowest BCUT2D eigenvalue weighted by Crippen LogP contribution is -1.92. The van der Waals surface area contributed by atoms with Gasteiger partial charge in [0, 0.05) is 18.0 Å². The molecule has 0 saturated heterocycles. The predicted molar refractivity (Wildman–Crippen MR) is 81.4 cm³/mol. The zero-order valence-corrected chi connectivity index (χ0v) is 12.3. The Balaban J connectivity index is 2.24. The Morgan fingerprint density at radius 2 is 1.85 bits per heavy atom. The van der Waals surface area contributed by atoms with Crippen LogP contribution in [0.25, 0.3) is 16.9 Å². The Hall–Kier alpha value is -2.29. The first-order chi connectivity index (χ1) is 9.58. The number of rotatable bonds is 2. The molecule has 0 spiro atoms. The molecule has 0 bridgehead atoms. The van der Waals surface area contributed by atoms with Gasteiger partial charge in [0.25, 0.3) is 0 Å². The van der Waals surface area contributed by atoms with Gasteiger partial charge in [-0.2, -0.15) is 0 Å². The molecule has 3 aromatic rings. The number of nitrogens with zero attached hydrogens (tertiary/aromatic N) is 2. The molecule has 0 N–H and O–H groups in total. The van der Waals surface area contributed by atoms with E-state index in [1.165, 1.54) is 11.1 Å². The van der Waals surface area contributed by atoms with Gasteiger partial charge in [0.05, 0.1) is 12.8 Å². The van der Waals surface area contributed by atoms with Gasteiger partial charge in [0.2, 0.25) is 0 Å². The maximum absolute atomic E-state index is 5.56. The number of aromatic nitrogens is 2. The summed E-state index contributed by atoms with van der Waals surface area (Å²) in [7, 11) is 1.71. The second-order valence-corrected chi connectivity index (χ2v) is 5.26. The molecule has 2 aromatic heterocycles. The van der Waals surface area contributed by atoms with Gasteiger partial charge in [-0.3, -0.25) is 0 Å². The van der Waals surface area contributed by atoms with Crippen LogP contribution in [-0.2, 0) is 0 Å². The normalized spacial score (nSPS) is 11.0. The van der Waals surface area contributed by atoms with Gasteiger partial charge < -0.3 is 9.14 Å². The summed E-state index contributed by atoms with van der Waals surface area (Å²) in [6, 6.07) is 8.42. The van der Waals surface area contributed by atoms with Gasteiger partial charge in [-0.05, 0) is 55.7 Å². The summed E-state index contributed by atoms with van der Waals surface area (Å²) in [6.07, 6.45) is 4.09. The lowest BCUT2D eigenvalue weighted by molar-refractivity contribution is 0.413. The van der Waals surface area contributed by atoms with Crippen LogP contribution < -0.4 is 4.74 Å². The number of hydrogen-bond acceptors (Lipinski definition) is 2.